The van der Waals surface area contributed by atoms with Crippen molar-refractivity contribution in [1.29, 1.82) is 0 Å². The Morgan fingerprint density at radius 1 is 1.17 bits per heavy atom. The Labute approximate surface area is 104 Å². The van der Waals surface area contributed by atoms with Gasteiger partial charge in [0.1, 0.15) is 11.5 Å². The quantitative estimate of drug-likeness (QED) is 0.901. The van der Waals surface area contributed by atoms with E-state index in [9.17, 15) is 4.79 Å². The van der Waals surface area contributed by atoms with E-state index in [0.717, 1.165) is 0 Å². The number of nitrogens with one attached hydrogen (secondary N) is 1. The molecule has 92 valence electrons. The summed E-state index contributed by atoms with van der Waals surface area (Å²) in [6.45, 7) is 0. The molecule has 1 amide bonds. The molecule has 0 bridgehead atoms. The minimum absolute atomic E-state index is 0.442. The molecule has 2 rings (SSSR count). The summed E-state index contributed by atoms with van der Waals surface area (Å²) >= 11 is 0. The van der Waals surface area contributed by atoms with Crippen LogP contribution in [0.25, 0.3) is 0 Å². The molecule has 0 saturated carbocycles. The molecular weight excluding hydrogens is 232 g/mol. The Morgan fingerprint density at radius 3 is 2.50 bits per heavy atom. The number of rotatable bonds is 3. The van der Waals surface area contributed by atoms with E-state index in [0.29, 0.717) is 17.2 Å². The van der Waals surface area contributed by atoms with Gasteiger partial charge in [0.2, 0.25) is 0 Å². The fraction of sp³-hybridized carbons (Fsp3) is 0.0769. The van der Waals surface area contributed by atoms with Gasteiger partial charge in [0.05, 0.1) is 19.0 Å². The molecule has 0 spiro atoms. The first-order valence-corrected chi connectivity index (χ1v) is 5.31. The van der Waals surface area contributed by atoms with Gasteiger partial charge in [-0.2, -0.15) is 0 Å². The molecule has 18 heavy (non-hydrogen) atoms. The first-order valence-electron chi connectivity index (χ1n) is 5.31. The highest BCUT2D eigenvalue weighted by molar-refractivity contribution is 5.85. The van der Waals surface area contributed by atoms with E-state index in [1.54, 1.807) is 49.7 Å². The lowest BCUT2D eigenvalue weighted by atomic mass is 10.3. The van der Waals surface area contributed by atoms with Gasteiger partial charge in [-0.3, -0.25) is 10.3 Å². The lowest BCUT2D eigenvalue weighted by Crippen LogP contribution is -2.16. The topological polar surface area (TPSA) is 60.5 Å². The van der Waals surface area contributed by atoms with Crippen molar-refractivity contribution in [2.45, 2.75) is 0 Å². The number of nitrogens with zero attached hydrogens (tertiary/aromatic N) is 1. The molecule has 0 radical (unpaired) electrons. The van der Waals surface area contributed by atoms with Crippen LogP contribution in [0.5, 0.6) is 11.5 Å². The average molecular weight is 244 g/mol. The normalized spacial score (nSPS) is 9.61. The summed E-state index contributed by atoms with van der Waals surface area (Å²) in [5.74, 6) is 1.15. The number of benzene rings is 1. The second kappa shape index (κ2) is 5.67. The second-order valence-corrected chi connectivity index (χ2v) is 3.43. The zero-order valence-corrected chi connectivity index (χ0v) is 9.79. The number of anilines is 1. The maximum absolute atomic E-state index is 11.5. The summed E-state index contributed by atoms with van der Waals surface area (Å²) in [5.41, 5.74) is 0.580. The third-order valence-corrected chi connectivity index (χ3v) is 2.18. The SMILES string of the molecule is COc1ccc(OC(=O)Nc2cccnc2)cc1. The Hall–Kier alpha value is -2.56. The van der Waals surface area contributed by atoms with E-state index in [2.05, 4.69) is 10.3 Å². The number of amides is 1. The molecule has 0 atom stereocenters. The molecule has 0 unspecified atom stereocenters. The van der Waals surface area contributed by atoms with Crippen molar-refractivity contribution in [3.8, 4) is 11.5 Å². The third-order valence-electron chi connectivity index (χ3n) is 2.18. The van der Waals surface area contributed by atoms with Gasteiger partial charge in [-0.05, 0) is 36.4 Å². The fourth-order valence-electron chi connectivity index (χ4n) is 1.33. The van der Waals surface area contributed by atoms with Crippen LogP contribution in [0.2, 0.25) is 0 Å². The van der Waals surface area contributed by atoms with Crippen LogP contribution in [-0.4, -0.2) is 18.2 Å². The van der Waals surface area contributed by atoms with Crippen LogP contribution in [0, 0.1) is 0 Å². The van der Waals surface area contributed by atoms with E-state index in [4.69, 9.17) is 9.47 Å². The zero-order valence-electron chi connectivity index (χ0n) is 9.79. The zero-order chi connectivity index (χ0) is 12.8. The number of hydrogen-bond donors (Lipinski definition) is 1. The van der Waals surface area contributed by atoms with Crippen molar-refractivity contribution in [2.75, 3.05) is 12.4 Å². The molecule has 2 aromatic rings. The highest BCUT2D eigenvalue weighted by Crippen LogP contribution is 2.17. The van der Waals surface area contributed by atoms with Crippen LogP contribution >= 0.6 is 0 Å². The number of hydrogen-bond acceptors (Lipinski definition) is 4. The van der Waals surface area contributed by atoms with Crippen molar-refractivity contribution in [2.24, 2.45) is 0 Å². The first-order chi connectivity index (χ1) is 8.78. The molecule has 5 heteroatoms. The average Bonchev–Trinajstić information content (AvgIpc) is 2.40. The highest BCUT2D eigenvalue weighted by Gasteiger charge is 2.04. The summed E-state index contributed by atoms with van der Waals surface area (Å²) in [6.07, 6.45) is 2.60. The molecule has 0 saturated heterocycles. The molecule has 1 aromatic carbocycles. The summed E-state index contributed by atoms with van der Waals surface area (Å²) in [6, 6.07) is 10.2. The number of ether oxygens (including phenoxy) is 2. The van der Waals surface area contributed by atoms with Gasteiger partial charge in [0.15, 0.2) is 0 Å². The largest absolute Gasteiger partial charge is 0.497 e. The summed E-state index contributed by atoms with van der Waals surface area (Å²) in [7, 11) is 1.57. The first kappa shape index (κ1) is 11.9. The van der Waals surface area contributed by atoms with Crippen LogP contribution < -0.4 is 14.8 Å². The van der Waals surface area contributed by atoms with Crippen LogP contribution in [0.1, 0.15) is 0 Å². The van der Waals surface area contributed by atoms with E-state index in [1.165, 1.54) is 6.20 Å². The van der Waals surface area contributed by atoms with E-state index >= 15 is 0 Å². The minimum atomic E-state index is -0.562. The monoisotopic (exact) mass is 244 g/mol. The van der Waals surface area contributed by atoms with Gasteiger partial charge in [-0.25, -0.2) is 4.79 Å². The van der Waals surface area contributed by atoms with Gasteiger partial charge < -0.3 is 9.47 Å². The van der Waals surface area contributed by atoms with E-state index in [1.807, 2.05) is 0 Å². The predicted octanol–water partition coefficient (Wildman–Crippen LogP) is 2.70. The number of methoxy groups -OCH3 is 1. The Bertz CT molecular complexity index is 512. The molecule has 0 aliphatic heterocycles. The lowest BCUT2D eigenvalue weighted by Gasteiger charge is -2.06. The lowest BCUT2D eigenvalue weighted by molar-refractivity contribution is 0.215. The minimum Gasteiger partial charge on any atom is -0.497 e. The van der Waals surface area contributed by atoms with Gasteiger partial charge in [-0.1, -0.05) is 0 Å². The number of pyridine rings is 1. The fourth-order valence-corrected chi connectivity index (χ4v) is 1.33. The molecule has 1 aromatic heterocycles. The maximum Gasteiger partial charge on any atom is 0.417 e. The number of carbonyl (C=O) groups is 1. The van der Waals surface area contributed by atoms with Crippen LogP contribution in [0.4, 0.5) is 10.5 Å². The number of aromatic nitrogens is 1. The highest BCUT2D eigenvalue weighted by atomic mass is 16.6. The van der Waals surface area contributed by atoms with Crippen LogP contribution in [0.3, 0.4) is 0 Å². The molecule has 5 nitrogen and oxygen atoms in total. The Kier molecular flexibility index (Phi) is 3.76. The molecule has 0 fully saturated rings. The van der Waals surface area contributed by atoms with Gasteiger partial charge >= 0.3 is 6.09 Å². The Morgan fingerprint density at radius 2 is 1.89 bits per heavy atom. The van der Waals surface area contributed by atoms with Crippen molar-refractivity contribution in [3.63, 3.8) is 0 Å². The summed E-state index contributed by atoms with van der Waals surface area (Å²) < 4.78 is 10.1. The molecule has 0 aliphatic rings. The molecular formula is C13H12N2O3. The maximum atomic E-state index is 11.5. The van der Waals surface area contributed by atoms with Crippen LogP contribution in [-0.2, 0) is 0 Å². The second-order valence-electron chi connectivity index (χ2n) is 3.43. The van der Waals surface area contributed by atoms with Gasteiger partial charge in [-0.15, -0.1) is 0 Å². The standard InChI is InChI=1S/C13H12N2O3/c1-17-11-4-6-12(7-5-11)18-13(16)15-10-3-2-8-14-9-10/h2-9H,1H3,(H,15,16). The van der Waals surface area contributed by atoms with Crippen LogP contribution in [0.15, 0.2) is 48.8 Å². The molecule has 1 N–H and O–H groups in total. The van der Waals surface area contributed by atoms with Crippen molar-refractivity contribution < 1.29 is 14.3 Å². The van der Waals surface area contributed by atoms with Crippen molar-refractivity contribution in [1.82, 2.24) is 4.98 Å². The van der Waals surface area contributed by atoms with Gasteiger partial charge in [0, 0.05) is 6.20 Å². The predicted molar refractivity (Wildman–Crippen MR) is 66.9 cm³/mol. The van der Waals surface area contributed by atoms with Crippen molar-refractivity contribution >= 4 is 11.8 Å². The molecule has 1 heterocycles. The van der Waals surface area contributed by atoms with Gasteiger partial charge in [0.25, 0.3) is 0 Å². The Balaban J connectivity index is 1.94. The third kappa shape index (κ3) is 3.21. The van der Waals surface area contributed by atoms with E-state index in [-0.39, 0.29) is 0 Å². The number of carbonyl (C=O) groups excluding carboxylic acids is 1. The molecule has 0 aliphatic carbocycles. The van der Waals surface area contributed by atoms with E-state index < -0.39 is 6.09 Å². The summed E-state index contributed by atoms with van der Waals surface area (Å²) in [4.78, 5) is 15.4. The summed E-state index contributed by atoms with van der Waals surface area (Å²) in [5, 5.41) is 2.56. The van der Waals surface area contributed by atoms with Crippen molar-refractivity contribution in [3.05, 3.63) is 48.8 Å². The smallest absolute Gasteiger partial charge is 0.417 e.